The van der Waals surface area contributed by atoms with E-state index in [9.17, 15) is 0 Å². The van der Waals surface area contributed by atoms with Crippen molar-refractivity contribution in [3.05, 3.63) is 65.7 Å². The van der Waals surface area contributed by atoms with E-state index in [1.54, 1.807) is 0 Å². The van der Waals surface area contributed by atoms with Crippen LogP contribution in [0.5, 0.6) is 5.75 Å². The van der Waals surface area contributed by atoms with Crippen molar-refractivity contribution in [1.29, 1.82) is 0 Å². The van der Waals surface area contributed by atoms with E-state index in [1.807, 2.05) is 24.3 Å². The maximum absolute atomic E-state index is 5.92. The van der Waals surface area contributed by atoms with Crippen molar-refractivity contribution in [3.8, 4) is 5.75 Å². The lowest BCUT2D eigenvalue weighted by Crippen LogP contribution is -2.32. The Balaban J connectivity index is 1.55. The molecule has 1 aliphatic heterocycles. The highest BCUT2D eigenvalue weighted by molar-refractivity contribution is 5.29. The van der Waals surface area contributed by atoms with Crippen molar-refractivity contribution >= 4 is 0 Å². The number of likely N-dealkylation sites (tertiary alicyclic amines) is 1. The van der Waals surface area contributed by atoms with Crippen LogP contribution in [0.4, 0.5) is 0 Å². The first-order valence-corrected chi connectivity index (χ1v) is 8.27. The van der Waals surface area contributed by atoms with E-state index in [0.717, 1.165) is 18.2 Å². The van der Waals surface area contributed by atoms with Crippen molar-refractivity contribution in [1.82, 2.24) is 4.90 Å². The molecule has 0 amide bonds. The molecule has 0 aromatic heterocycles. The van der Waals surface area contributed by atoms with Crippen LogP contribution in [0.15, 0.2) is 54.6 Å². The predicted octanol–water partition coefficient (Wildman–Crippen LogP) is 4.50. The van der Waals surface area contributed by atoms with E-state index in [4.69, 9.17) is 4.74 Å². The van der Waals surface area contributed by atoms with Crippen LogP contribution < -0.4 is 4.74 Å². The second-order valence-corrected chi connectivity index (χ2v) is 6.38. The molecule has 1 fully saturated rings. The first kappa shape index (κ1) is 15.1. The molecule has 0 N–H and O–H groups in total. The van der Waals surface area contributed by atoms with Crippen molar-refractivity contribution in [2.75, 3.05) is 13.1 Å². The van der Waals surface area contributed by atoms with Gasteiger partial charge >= 0.3 is 0 Å². The normalized spacial score (nSPS) is 16.6. The summed E-state index contributed by atoms with van der Waals surface area (Å²) in [7, 11) is 0. The number of nitrogens with zero attached hydrogens (tertiary/aromatic N) is 1. The summed E-state index contributed by atoms with van der Waals surface area (Å²) < 4.78 is 5.92. The van der Waals surface area contributed by atoms with Crippen LogP contribution in [0, 0.1) is 5.92 Å². The molecule has 3 rings (SSSR count). The van der Waals surface area contributed by atoms with E-state index >= 15 is 0 Å². The molecule has 2 aromatic rings. The third-order valence-electron chi connectivity index (χ3n) is 4.43. The molecule has 0 bridgehead atoms. The molecule has 0 unspecified atom stereocenters. The van der Waals surface area contributed by atoms with Gasteiger partial charge in [-0.05, 0) is 55.1 Å². The molecule has 0 atom stereocenters. The van der Waals surface area contributed by atoms with Crippen LogP contribution in [0.1, 0.15) is 30.9 Å². The van der Waals surface area contributed by atoms with Gasteiger partial charge in [0.15, 0.2) is 0 Å². The number of piperidine rings is 1. The van der Waals surface area contributed by atoms with Gasteiger partial charge in [-0.3, -0.25) is 4.90 Å². The van der Waals surface area contributed by atoms with Crippen LogP contribution in [-0.4, -0.2) is 18.0 Å². The van der Waals surface area contributed by atoms with Crippen molar-refractivity contribution in [2.24, 2.45) is 5.92 Å². The lowest BCUT2D eigenvalue weighted by Gasteiger charge is -2.30. The zero-order valence-corrected chi connectivity index (χ0v) is 13.4. The predicted molar refractivity (Wildman–Crippen MR) is 90.9 cm³/mol. The number of ether oxygens (including phenoxy) is 1. The van der Waals surface area contributed by atoms with Crippen LogP contribution in [0.2, 0.25) is 0 Å². The summed E-state index contributed by atoms with van der Waals surface area (Å²) >= 11 is 0. The van der Waals surface area contributed by atoms with Gasteiger partial charge in [0.05, 0.1) is 0 Å². The summed E-state index contributed by atoms with van der Waals surface area (Å²) in [5, 5.41) is 0. The zero-order valence-electron chi connectivity index (χ0n) is 13.4. The lowest BCUT2D eigenvalue weighted by atomic mass is 9.99. The molecule has 1 aliphatic rings. The Bertz CT molecular complexity index is 573. The highest BCUT2D eigenvalue weighted by Crippen LogP contribution is 2.20. The Morgan fingerprint density at radius 2 is 1.68 bits per heavy atom. The van der Waals surface area contributed by atoms with Gasteiger partial charge in [0.2, 0.25) is 0 Å². The van der Waals surface area contributed by atoms with Gasteiger partial charge in [0.1, 0.15) is 12.4 Å². The Labute approximate surface area is 133 Å². The molecule has 2 heteroatoms. The molecule has 116 valence electrons. The summed E-state index contributed by atoms with van der Waals surface area (Å²) in [4.78, 5) is 2.55. The van der Waals surface area contributed by atoms with Crippen LogP contribution in [0.25, 0.3) is 0 Å². The molecule has 0 saturated carbocycles. The van der Waals surface area contributed by atoms with Gasteiger partial charge in [-0.15, -0.1) is 0 Å². The van der Waals surface area contributed by atoms with Crippen molar-refractivity contribution < 1.29 is 4.74 Å². The van der Waals surface area contributed by atoms with Gasteiger partial charge in [-0.2, -0.15) is 0 Å². The standard InChI is InChI=1S/C20H25NO/c1-17-10-12-21(13-11-17)15-19-8-5-9-20(14-19)22-16-18-6-3-2-4-7-18/h2-9,14,17H,10-13,15-16H2,1H3. The summed E-state index contributed by atoms with van der Waals surface area (Å²) in [5.41, 5.74) is 2.55. The highest BCUT2D eigenvalue weighted by Gasteiger charge is 2.15. The number of hydrogen-bond donors (Lipinski definition) is 0. The SMILES string of the molecule is CC1CCN(Cc2cccc(OCc3ccccc3)c2)CC1. The van der Waals surface area contributed by atoms with Gasteiger partial charge in [0, 0.05) is 6.54 Å². The van der Waals surface area contributed by atoms with Crippen molar-refractivity contribution in [2.45, 2.75) is 32.9 Å². The minimum absolute atomic E-state index is 0.630. The fraction of sp³-hybridized carbons (Fsp3) is 0.400. The van der Waals surface area contributed by atoms with Crippen molar-refractivity contribution in [3.63, 3.8) is 0 Å². The average molecular weight is 295 g/mol. The Hall–Kier alpha value is -1.80. The number of hydrogen-bond acceptors (Lipinski definition) is 2. The first-order valence-electron chi connectivity index (χ1n) is 8.27. The summed E-state index contributed by atoms with van der Waals surface area (Å²) in [6.45, 7) is 6.46. The monoisotopic (exact) mass is 295 g/mol. The van der Waals surface area contributed by atoms with E-state index in [0.29, 0.717) is 6.61 Å². The molecule has 1 saturated heterocycles. The maximum Gasteiger partial charge on any atom is 0.120 e. The zero-order chi connectivity index (χ0) is 15.2. The van der Waals surface area contributed by atoms with E-state index in [-0.39, 0.29) is 0 Å². The smallest absolute Gasteiger partial charge is 0.120 e. The molecule has 22 heavy (non-hydrogen) atoms. The third-order valence-corrected chi connectivity index (χ3v) is 4.43. The fourth-order valence-electron chi connectivity index (χ4n) is 2.95. The largest absolute Gasteiger partial charge is 0.489 e. The van der Waals surface area contributed by atoms with Gasteiger partial charge in [0.25, 0.3) is 0 Å². The topological polar surface area (TPSA) is 12.5 Å². The molecule has 2 nitrogen and oxygen atoms in total. The second kappa shape index (κ2) is 7.46. The van der Waals surface area contributed by atoms with E-state index < -0.39 is 0 Å². The molecule has 0 spiro atoms. The molecule has 1 heterocycles. The number of benzene rings is 2. The fourth-order valence-corrected chi connectivity index (χ4v) is 2.95. The van der Waals surface area contributed by atoms with Crippen LogP contribution >= 0.6 is 0 Å². The van der Waals surface area contributed by atoms with Crippen LogP contribution in [-0.2, 0) is 13.2 Å². The molecule has 2 aromatic carbocycles. The first-order chi connectivity index (χ1) is 10.8. The third kappa shape index (κ3) is 4.35. The highest BCUT2D eigenvalue weighted by atomic mass is 16.5. The summed E-state index contributed by atoms with van der Waals surface area (Å²) in [5.74, 6) is 1.85. The minimum atomic E-state index is 0.630. The Morgan fingerprint density at radius 1 is 0.955 bits per heavy atom. The van der Waals surface area contributed by atoms with E-state index in [1.165, 1.54) is 37.1 Å². The summed E-state index contributed by atoms with van der Waals surface area (Å²) in [6, 6.07) is 18.8. The molecule has 0 aliphatic carbocycles. The van der Waals surface area contributed by atoms with Gasteiger partial charge in [-0.25, -0.2) is 0 Å². The van der Waals surface area contributed by atoms with Gasteiger partial charge in [-0.1, -0.05) is 49.4 Å². The maximum atomic E-state index is 5.92. The van der Waals surface area contributed by atoms with E-state index in [2.05, 4.69) is 42.2 Å². The van der Waals surface area contributed by atoms with Gasteiger partial charge < -0.3 is 4.74 Å². The molecular weight excluding hydrogens is 270 g/mol. The quantitative estimate of drug-likeness (QED) is 0.805. The Kier molecular flexibility index (Phi) is 5.12. The summed E-state index contributed by atoms with van der Waals surface area (Å²) in [6.07, 6.45) is 2.65. The molecular formula is C20H25NO. The lowest BCUT2D eigenvalue weighted by molar-refractivity contribution is 0.185. The minimum Gasteiger partial charge on any atom is -0.489 e. The Morgan fingerprint density at radius 3 is 2.45 bits per heavy atom. The van der Waals surface area contributed by atoms with Crippen LogP contribution in [0.3, 0.4) is 0 Å². The molecule has 0 radical (unpaired) electrons. The number of rotatable bonds is 5. The average Bonchev–Trinajstić information content (AvgIpc) is 2.57. The second-order valence-electron chi connectivity index (χ2n) is 6.38.